The zero-order chi connectivity index (χ0) is 25.6. The van der Waals surface area contributed by atoms with Gasteiger partial charge in [0, 0.05) is 26.7 Å². The highest BCUT2D eigenvalue weighted by Crippen LogP contribution is 2.38. The fraction of sp³-hybridized carbons (Fsp3) is 0.242. The van der Waals surface area contributed by atoms with E-state index in [4.69, 9.17) is 4.74 Å². The van der Waals surface area contributed by atoms with Crippen LogP contribution >= 0.6 is 0 Å². The standard InChI is InChI=1S/C33H34N2O2/c1-25-10-9-13-27(20-25)23-35-19-18-28-16-17-30(21-31(28)33(35)29-14-7-4-8-15-29)37-24-32(36)34(2)22-26-11-5-3-6-12-26/h3-17,20-21,33H,18-19,22-24H2,1-2H3. The van der Waals surface area contributed by atoms with Crippen molar-refractivity contribution in [1.82, 2.24) is 9.80 Å². The van der Waals surface area contributed by atoms with Crippen molar-refractivity contribution in [2.24, 2.45) is 0 Å². The Morgan fingerprint density at radius 3 is 2.38 bits per heavy atom. The van der Waals surface area contributed by atoms with Crippen molar-refractivity contribution in [2.45, 2.75) is 32.5 Å². The van der Waals surface area contributed by atoms with Gasteiger partial charge in [0.05, 0.1) is 6.04 Å². The first kappa shape index (κ1) is 24.8. The number of hydrogen-bond donors (Lipinski definition) is 0. The van der Waals surface area contributed by atoms with Gasteiger partial charge in [0.15, 0.2) is 6.61 Å². The molecule has 0 bridgehead atoms. The van der Waals surface area contributed by atoms with Crippen molar-refractivity contribution in [2.75, 3.05) is 20.2 Å². The number of nitrogens with zero attached hydrogens (tertiary/aromatic N) is 2. The van der Waals surface area contributed by atoms with Gasteiger partial charge in [-0.2, -0.15) is 0 Å². The molecule has 37 heavy (non-hydrogen) atoms. The summed E-state index contributed by atoms with van der Waals surface area (Å²) in [6, 6.07) is 35.9. The van der Waals surface area contributed by atoms with Crippen LogP contribution in [0.4, 0.5) is 0 Å². The first-order valence-corrected chi connectivity index (χ1v) is 12.9. The number of carbonyl (C=O) groups excluding carboxylic acids is 1. The number of carbonyl (C=O) groups is 1. The van der Waals surface area contributed by atoms with Gasteiger partial charge in [-0.15, -0.1) is 0 Å². The van der Waals surface area contributed by atoms with Crippen molar-refractivity contribution in [3.8, 4) is 5.75 Å². The van der Waals surface area contributed by atoms with Gasteiger partial charge in [0.2, 0.25) is 0 Å². The Labute approximate surface area is 220 Å². The Balaban J connectivity index is 1.35. The molecule has 4 heteroatoms. The monoisotopic (exact) mass is 490 g/mol. The topological polar surface area (TPSA) is 32.8 Å². The molecular weight excluding hydrogens is 456 g/mol. The number of rotatable bonds is 8. The van der Waals surface area contributed by atoms with Gasteiger partial charge in [-0.3, -0.25) is 9.69 Å². The van der Waals surface area contributed by atoms with E-state index in [1.54, 1.807) is 4.90 Å². The normalized spacial score (nSPS) is 15.1. The van der Waals surface area contributed by atoms with Crippen LogP contribution < -0.4 is 4.74 Å². The van der Waals surface area contributed by atoms with E-state index >= 15 is 0 Å². The maximum absolute atomic E-state index is 12.8. The lowest BCUT2D eigenvalue weighted by molar-refractivity contribution is -0.132. The zero-order valence-electron chi connectivity index (χ0n) is 21.6. The molecule has 1 unspecified atom stereocenters. The van der Waals surface area contributed by atoms with Crippen molar-refractivity contribution in [1.29, 1.82) is 0 Å². The summed E-state index contributed by atoms with van der Waals surface area (Å²) >= 11 is 0. The summed E-state index contributed by atoms with van der Waals surface area (Å²) < 4.78 is 6.04. The molecule has 0 radical (unpaired) electrons. The van der Waals surface area contributed by atoms with E-state index in [0.29, 0.717) is 6.54 Å². The quantitative estimate of drug-likeness (QED) is 0.296. The third-order valence-electron chi connectivity index (χ3n) is 7.08. The number of likely N-dealkylation sites (N-methyl/N-ethyl adjacent to an activating group) is 1. The number of fused-ring (bicyclic) bond motifs is 1. The maximum Gasteiger partial charge on any atom is 0.260 e. The number of aryl methyl sites for hydroxylation is 1. The van der Waals surface area contributed by atoms with Crippen LogP contribution in [0.3, 0.4) is 0 Å². The highest BCUT2D eigenvalue weighted by atomic mass is 16.5. The molecule has 4 aromatic rings. The van der Waals surface area contributed by atoms with E-state index in [0.717, 1.165) is 30.8 Å². The minimum atomic E-state index is -0.0396. The maximum atomic E-state index is 12.8. The fourth-order valence-corrected chi connectivity index (χ4v) is 5.18. The van der Waals surface area contributed by atoms with Gasteiger partial charge in [0.1, 0.15) is 5.75 Å². The Morgan fingerprint density at radius 1 is 0.892 bits per heavy atom. The largest absolute Gasteiger partial charge is 0.484 e. The van der Waals surface area contributed by atoms with Gasteiger partial charge in [-0.25, -0.2) is 0 Å². The molecule has 5 rings (SSSR count). The van der Waals surface area contributed by atoms with Crippen molar-refractivity contribution in [3.63, 3.8) is 0 Å². The van der Waals surface area contributed by atoms with E-state index in [1.165, 1.54) is 27.8 Å². The molecule has 0 spiro atoms. The lowest BCUT2D eigenvalue weighted by Crippen LogP contribution is -2.35. The molecule has 4 nitrogen and oxygen atoms in total. The molecule has 188 valence electrons. The molecule has 1 aliphatic rings. The van der Waals surface area contributed by atoms with Crippen LogP contribution in [0, 0.1) is 6.92 Å². The van der Waals surface area contributed by atoms with Crippen molar-refractivity contribution >= 4 is 5.91 Å². The molecule has 0 fully saturated rings. The van der Waals surface area contributed by atoms with Crippen molar-refractivity contribution < 1.29 is 9.53 Å². The fourth-order valence-electron chi connectivity index (χ4n) is 5.18. The van der Waals surface area contributed by atoms with Gasteiger partial charge in [-0.1, -0.05) is 96.6 Å². The summed E-state index contributed by atoms with van der Waals surface area (Å²) in [7, 11) is 1.82. The molecule has 4 aromatic carbocycles. The lowest BCUT2D eigenvalue weighted by Gasteiger charge is -2.38. The molecule has 0 N–H and O–H groups in total. The molecule has 1 heterocycles. The van der Waals surface area contributed by atoms with Crippen LogP contribution in [0.5, 0.6) is 5.75 Å². The number of ether oxygens (including phenoxy) is 1. The van der Waals surface area contributed by atoms with Crippen LogP contribution in [0.2, 0.25) is 0 Å². The van der Waals surface area contributed by atoms with Gasteiger partial charge in [0.25, 0.3) is 5.91 Å². The first-order chi connectivity index (χ1) is 18.1. The number of hydrogen-bond acceptors (Lipinski definition) is 3. The van der Waals surface area contributed by atoms with Crippen molar-refractivity contribution in [3.05, 3.63) is 137 Å². The molecular formula is C33H34N2O2. The second kappa shape index (κ2) is 11.4. The summed E-state index contributed by atoms with van der Waals surface area (Å²) in [5.74, 6) is 0.695. The predicted octanol–water partition coefficient (Wildman–Crippen LogP) is 6.18. The predicted molar refractivity (Wildman–Crippen MR) is 148 cm³/mol. The van der Waals surface area contributed by atoms with Crippen LogP contribution in [0.15, 0.2) is 103 Å². The molecule has 0 saturated carbocycles. The molecule has 1 aliphatic heterocycles. The summed E-state index contributed by atoms with van der Waals surface area (Å²) in [4.78, 5) is 17.0. The highest BCUT2D eigenvalue weighted by molar-refractivity contribution is 5.77. The molecule has 0 aromatic heterocycles. The number of amides is 1. The van der Waals surface area contributed by atoms with E-state index in [9.17, 15) is 4.79 Å². The van der Waals surface area contributed by atoms with E-state index in [1.807, 2.05) is 43.4 Å². The smallest absolute Gasteiger partial charge is 0.260 e. The SMILES string of the molecule is Cc1cccc(CN2CCc3ccc(OCC(=O)N(C)Cc4ccccc4)cc3C2c2ccccc2)c1. The van der Waals surface area contributed by atoms with E-state index in [2.05, 4.69) is 78.6 Å². The third kappa shape index (κ3) is 6.10. The minimum absolute atomic E-state index is 0.0190. The second-order valence-electron chi connectivity index (χ2n) is 9.91. The Hall–Kier alpha value is -3.89. The minimum Gasteiger partial charge on any atom is -0.484 e. The molecule has 1 amide bonds. The van der Waals surface area contributed by atoms with Crippen LogP contribution in [0.25, 0.3) is 0 Å². The van der Waals surface area contributed by atoms with Gasteiger partial charge < -0.3 is 9.64 Å². The number of benzene rings is 4. The van der Waals surface area contributed by atoms with Gasteiger partial charge >= 0.3 is 0 Å². The molecule has 0 saturated heterocycles. The van der Waals surface area contributed by atoms with Crippen LogP contribution in [-0.2, 0) is 24.3 Å². The van der Waals surface area contributed by atoms with E-state index in [-0.39, 0.29) is 18.6 Å². The average Bonchev–Trinajstić information content (AvgIpc) is 2.92. The Bertz CT molecular complexity index is 1340. The third-order valence-corrected chi connectivity index (χ3v) is 7.08. The zero-order valence-corrected chi connectivity index (χ0v) is 21.6. The lowest BCUT2D eigenvalue weighted by atomic mass is 9.87. The Kier molecular flexibility index (Phi) is 7.67. The Morgan fingerprint density at radius 2 is 1.62 bits per heavy atom. The van der Waals surface area contributed by atoms with Crippen LogP contribution in [-0.4, -0.2) is 35.9 Å². The highest BCUT2D eigenvalue weighted by Gasteiger charge is 2.29. The summed E-state index contributed by atoms with van der Waals surface area (Å²) in [5, 5.41) is 0. The van der Waals surface area contributed by atoms with E-state index < -0.39 is 0 Å². The summed E-state index contributed by atoms with van der Waals surface area (Å²) in [6.45, 7) is 4.60. The summed E-state index contributed by atoms with van der Waals surface area (Å²) in [5.41, 5.74) is 7.58. The van der Waals surface area contributed by atoms with Crippen LogP contribution in [0.1, 0.15) is 39.4 Å². The van der Waals surface area contributed by atoms with Gasteiger partial charge in [-0.05, 0) is 53.3 Å². The summed E-state index contributed by atoms with van der Waals surface area (Å²) in [6.07, 6.45) is 0.990. The molecule has 0 aliphatic carbocycles. The second-order valence-corrected chi connectivity index (χ2v) is 9.91. The average molecular weight is 491 g/mol. The molecule has 1 atom stereocenters. The first-order valence-electron chi connectivity index (χ1n) is 12.9.